The molecule has 3 rings (SSSR count). The molecule has 7 nitrogen and oxygen atoms in total. The van der Waals surface area contributed by atoms with Crippen molar-refractivity contribution in [1.82, 2.24) is 9.62 Å². The fraction of sp³-hybridized carbons (Fsp3) is 0.435. The first-order valence-electron chi connectivity index (χ1n) is 10.3. The summed E-state index contributed by atoms with van der Waals surface area (Å²) in [7, 11) is -2.40. The Morgan fingerprint density at radius 2 is 1.71 bits per heavy atom. The molecule has 0 spiro atoms. The number of nitrogens with one attached hydrogen (secondary N) is 1. The second kappa shape index (κ2) is 9.38. The van der Waals surface area contributed by atoms with E-state index < -0.39 is 16.1 Å². The van der Waals surface area contributed by atoms with Crippen molar-refractivity contribution in [3.05, 3.63) is 58.1 Å². The van der Waals surface area contributed by atoms with Crippen LogP contribution in [0.3, 0.4) is 0 Å². The van der Waals surface area contributed by atoms with Crippen molar-refractivity contribution in [2.24, 2.45) is 0 Å². The Hall–Kier alpha value is -2.42. The molecule has 0 radical (unpaired) electrons. The Morgan fingerprint density at radius 1 is 1.06 bits per heavy atom. The molecule has 1 fully saturated rings. The number of ether oxygens (including phenoxy) is 2. The van der Waals surface area contributed by atoms with Crippen LogP contribution in [0.25, 0.3) is 0 Å². The molecule has 8 heteroatoms. The van der Waals surface area contributed by atoms with Crippen LogP contribution < -0.4 is 9.46 Å². The highest BCUT2D eigenvalue weighted by Crippen LogP contribution is 2.27. The smallest absolute Gasteiger partial charge is 0.257 e. The first-order valence-corrected chi connectivity index (χ1v) is 11.8. The summed E-state index contributed by atoms with van der Waals surface area (Å²) in [5.74, 6) is 0.0729. The number of sulfonamides is 1. The van der Waals surface area contributed by atoms with E-state index in [4.69, 9.17) is 9.47 Å². The van der Waals surface area contributed by atoms with E-state index >= 15 is 0 Å². The van der Waals surface area contributed by atoms with Gasteiger partial charge in [0.2, 0.25) is 10.0 Å². The van der Waals surface area contributed by atoms with Gasteiger partial charge in [0, 0.05) is 19.1 Å². The van der Waals surface area contributed by atoms with E-state index in [0.29, 0.717) is 32.1 Å². The lowest BCUT2D eigenvalue weighted by Gasteiger charge is -2.27. The summed E-state index contributed by atoms with van der Waals surface area (Å²) in [4.78, 5) is 14.7. The minimum Gasteiger partial charge on any atom is -0.496 e. The van der Waals surface area contributed by atoms with E-state index in [-0.39, 0.29) is 16.4 Å². The molecule has 1 aliphatic heterocycles. The normalized spacial score (nSPS) is 15.6. The molecule has 1 saturated heterocycles. The van der Waals surface area contributed by atoms with E-state index in [1.165, 1.54) is 25.3 Å². The minimum absolute atomic E-state index is 0.0262. The molecule has 31 heavy (non-hydrogen) atoms. The fourth-order valence-electron chi connectivity index (χ4n) is 3.77. The molecule has 168 valence electrons. The van der Waals surface area contributed by atoms with Gasteiger partial charge >= 0.3 is 0 Å². The van der Waals surface area contributed by atoms with E-state index in [1.54, 1.807) is 4.90 Å². The van der Waals surface area contributed by atoms with E-state index in [9.17, 15) is 13.2 Å². The van der Waals surface area contributed by atoms with Gasteiger partial charge in [-0.05, 0) is 68.1 Å². The summed E-state index contributed by atoms with van der Waals surface area (Å²) in [6.07, 6.45) is 0. The average molecular weight is 447 g/mol. The molecule has 0 aliphatic carbocycles. The fourth-order valence-corrected chi connectivity index (χ4v) is 5.02. The van der Waals surface area contributed by atoms with Gasteiger partial charge in [0.15, 0.2) is 0 Å². The maximum atomic E-state index is 13.1. The third-order valence-corrected chi connectivity index (χ3v) is 7.23. The number of hydrogen-bond acceptors (Lipinski definition) is 5. The third-order valence-electron chi connectivity index (χ3n) is 5.69. The number of carbonyl (C=O) groups is 1. The predicted octanol–water partition coefficient (Wildman–Crippen LogP) is 3.13. The van der Waals surface area contributed by atoms with Gasteiger partial charge in [-0.15, -0.1) is 0 Å². The predicted molar refractivity (Wildman–Crippen MR) is 119 cm³/mol. The minimum atomic E-state index is -3.86. The van der Waals surface area contributed by atoms with Crippen molar-refractivity contribution in [3.8, 4) is 5.75 Å². The lowest BCUT2D eigenvalue weighted by atomic mass is 9.97. The number of carbonyl (C=O) groups excluding carboxylic acids is 1. The van der Waals surface area contributed by atoms with Crippen LogP contribution in [0.1, 0.15) is 45.6 Å². The second-order valence-corrected chi connectivity index (χ2v) is 9.62. The standard InChI is InChI=1S/C23H30N2O5S/c1-15-12-17(3)20(13-16(15)2)18(4)24-31(27,28)19-6-7-22(29-5)21(14-19)23(26)25-8-10-30-11-9-25/h6-7,12-14,18,24H,8-11H2,1-5H3. The van der Waals surface area contributed by atoms with Crippen LogP contribution in [0.5, 0.6) is 5.75 Å². The third kappa shape index (κ3) is 5.08. The van der Waals surface area contributed by atoms with Crippen molar-refractivity contribution in [2.75, 3.05) is 33.4 Å². The van der Waals surface area contributed by atoms with Crippen LogP contribution in [0.4, 0.5) is 0 Å². The largest absolute Gasteiger partial charge is 0.496 e. The molecular formula is C23H30N2O5S. The second-order valence-electron chi connectivity index (χ2n) is 7.90. The van der Waals surface area contributed by atoms with Gasteiger partial charge in [-0.1, -0.05) is 12.1 Å². The molecule has 0 saturated carbocycles. The average Bonchev–Trinajstić information content (AvgIpc) is 2.75. The Bertz CT molecular complexity index is 1080. The van der Waals surface area contributed by atoms with E-state index in [0.717, 1.165) is 22.3 Å². The van der Waals surface area contributed by atoms with Crippen LogP contribution in [-0.2, 0) is 14.8 Å². The van der Waals surface area contributed by atoms with Crippen LogP contribution in [0.2, 0.25) is 0 Å². The highest BCUT2D eigenvalue weighted by molar-refractivity contribution is 7.89. The highest BCUT2D eigenvalue weighted by Gasteiger charge is 2.26. The van der Waals surface area contributed by atoms with Crippen molar-refractivity contribution in [2.45, 2.75) is 38.6 Å². The van der Waals surface area contributed by atoms with Crippen molar-refractivity contribution in [1.29, 1.82) is 0 Å². The summed E-state index contributed by atoms with van der Waals surface area (Å²) in [5, 5.41) is 0. The number of methoxy groups -OCH3 is 1. The van der Waals surface area contributed by atoms with Gasteiger partial charge in [0.25, 0.3) is 5.91 Å². The van der Waals surface area contributed by atoms with Gasteiger partial charge in [0.05, 0.1) is 30.8 Å². The number of benzene rings is 2. The molecule has 2 aromatic carbocycles. The lowest BCUT2D eigenvalue weighted by Crippen LogP contribution is -2.40. The molecule has 0 bridgehead atoms. The molecule has 1 aliphatic rings. The SMILES string of the molecule is COc1ccc(S(=O)(=O)NC(C)c2cc(C)c(C)cc2C)cc1C(=O)N1CCOCC1. The van der Waals surface area contributed by atoms with E-state index in [2.05, 4.69) is 10.8 Å². The Kier molecular flexibility index (Phi) is 7.03. The first kappa shape index (κ1) is 23.2. The molecule has 1 atom stereocenters. The van der Waals surface area contributed by atoms with E-state index in [1.807, 2.05) is 33.8 Å². The number of aryl methyl sites for hydroxylation is 3. The number of hydrogen-bond donors (Lipinski definition) is 1. The molecule has 1 unspecified atom stereocenters. The van der Waals surface area contributed by atoms with Gasteiger partial charge in [0.1, 0.15) is 5.75 Å². The summed E-state index contributed by atoms with van der Waals surface area (Å²) >= 11 is 0. The molecule has 1 N–H and O–H groups in total. The van der Waals surface area contributed by atoms with Gasteiger partial charge < -0.3 is 14.4 Å². The van der Waals surface area contributed by atoms with Crippen LogP contribution in [-0.4, -0.2) is 52.6 Å². The number of morpholine rings is 1. The zero-order valence-corrected chi connectivity index (χ0v) is 19.5. The van der Waals surface area contributed by atoms with Gasteiger partial charge in [-0.25, -0.2) is 13.1 Å². The maximum absolute atomic E-state index is 13.1. The number of nitrogens with zero attached hydrogens (tertiary/aromatic N) is 1. The summed E-state index contributed by atoms with van der Waals surface area (Å²) in [6, 6.07) is 8.01. The van der Waals surface area contributed by atoms with Gasteiger partial charge in [-0.2, -0.15) is 0 Å². The zero-order chi connectivity index (χ0) is 22.8. The monoisotopic (exact) mass is 446 g/mol. The molecular weight excluding hydrogens is 416 g/mol. The summed E-state index contributed by atoms with van der Waals surface area (Å²) < 4.78 is 39.6. The molecule has 2 aromatic rings. The quantitative estimate of drug-likeness (QED) is 0.737. The van der Waals surface area contributed by atoms with Crippen molar-refractivity contribution < 1.29 is 22.7 Å². The molecule has 0 aromatic heterocycles. The van der Waals surface area contributed by atoms with Crippen LogP contribution >= 0.6 is 0 Å². The molecule has 1 heterocycles. The Balaban J connectivity index is 1.90. The van der Waals surface area contributed by atoms with Crippen molar-refractivity contribution in [3.63, 3.8) is 0 Å². The summed E-state index contributed by atoms with van der Waals surface area (Å²) in [5.41, 5.74) is 4.44. The molecule has 1 amide bonds. The highest BCUT2D eigenvalue weighted by atomic mass is 32.2. The Labute approximate surface area is 184 Å². The first-order chi connectivity index (χ1) is 14.6. The zero-order valence-electron chi connectivity index (χ0n) is 18.7. The van der Waals surface area contributed by atoms with Crippen LogP contribution in [0, 0.1) is 20.8 Å². The van der Waals surface area contributed by atoms with Crippen LogP contribution in [0.15, 0.2) is 35.2 Å². The number of rotatable bonds is 6. The summed E-state index contributed by atoms with van der Waals surface area (Å²) in [6.45, 7) is 9.66. The maximum Gasteiger partial charge on any atom is 0.257 e. The van der Waals surface area contributed by atoms with Gasteiger partial charge in [-0.3, -0.25) is 4.79 Å². The number of amides is 1. The Morgan fingerprint density at radius 3 is 2.35 bits per heavy atom. The lowest BCUT2D eigenvalue weighted by molar-refractivity contribution is 0.0300. The topological polar surface area (TPSA) is 84.9 Å². The van der Waals surface area contributed by atoms with Crippen molar-refractivity contribution >= 4 is 15.9 Å².